The van der Waals surface area contributed by atoms with Crippen LogP contribution in [0.15, 0.2) is 71.8 Å². The summed E-state index contributed by atoms with van der Waals surface area (Å²) in [5.41, 5.74) is 3.44. The average Bonchev–Trinajstić information content (AvgIpc) is 3.08. The zero-order chi connectivity index (χ0) is 23.0. The van der Waals surface area contributed by atoms with Gasteiger partial charge in [0.05, 0.1) is 6.54 Å². The third-order valence-electron chi connectivity index (χ3n) is 6.40. The Hall–Kier alpha value is -1.95. The molecule has 0 spiro atoms. The van der Waals surface area contributed by atoms with Crippen molar-refractivity contribution in [3.8, 4) is 0 Å². The Morgan fingerprint density at radius 3 is 2.61 bits per heavy atom. The van der Waals surface area contributed by atoms with Gasteiger partial charge < -0.3 is 14.8 Å². The quantitative estimate of drug-likeness (QED) is 0.204. The Bertz CT molecular complexity index is 1060. The number of halogens is 1. The van der Waals surface area contributed by atoms with E-state index in [0.717, 1.165) is 34.5 Å². The molecule has 0 amide bonds. The summed E-state index contributed by atoms with van der Waals surface area (Å²) in [4.78, 5) is 3.66. The molecule has 1 heterocycles. The van der Waals surface area contributed by atoms with E-state index in [0.29, 0.717) is 6.04 Å². The van der Waals surface area contributed by atoms with Gasteiger partial charge in [-0.15, -0.1) is 11.8 Å². The first kappa shape index (κ1) is 24.2. The first-order valence-electron chi connectivity index (χ1n) is 11.7. The van der Waals surface area contributed by atoms with Crippen LogP contribution in [-0.2, 0) is 13.1 Å². The maximum atomic E-state index is 6.45. The number of benzene rings is 2. The van der Waals surface area contributed by atoms with E-state index in [9.17, 15) is 0 Å². The number of aromatic nitrogens is 1. The minimum Gasteiger partial charge on any atom is -0.345 e. The van der Waals surface area contributed by atoms with Crippen LogP contribution in [0.25, 0.3) is 0 Å². The van der Waals surface area contributed by atoms with Crippen LogP contribution in [0.5, 0.6) is 0 Å². The van der Waals surface area contributed by atoms with Crippen LogP contribution in [0.2, 0.25) is 5.02 Å². The van der Waals surface area contributed by atoms with Crippen molar-refractivity contribution in [2.75, 3.05) is 11.6 Å². The number of hydrogen-bond acceptors (Lipinski definition) is 2. The molecule has 3 aromatic rings. The van der Waals surface area contributed by atoms with Gasteiger partial charge in [-0.1, -0.05) is 61.5 Å². The van der Waals surface area contributed by atoms with Crippen molar-refractivity contribution in [2.45, 2.75) is 62.6 Å². The number of nitrogens with one attached hydrogen (secondary N) is 1. The summed E-state index contributed by atoms with van der Waals surface area (Å²) in [7, 11) is 0. The summed E-state index contributed by atoms with van der Waals surface area (Å²) in [6.45, 7) is 1.55. The number of hydrogen-bond donors (Lipinski definition) is 1. The minimum atomic E-state index is 0.458. The largest absolute Gasteiger partial charge is 0.345 e. The first-order chi connectivity index (χ1) is 16.1. The highest BCUT2D eigenvalue weighted by molar-refractivity contribution is 7.98. The van der Waals surface area contributed by atoms with Gasteiger partial charge in [0.25, 0.3) is 0 Å². The summed E-state index contributed by atoms with van der Waals surface area (Å²) in [5.74, 6) is 0. The Morgan fingerprint density at radius 2 is 1.85 bits per heavy atom. The molecule has 4 rings (SSSR count). The number of thioether (sulfide) groups is 1. The summed E-state index contributed by atoms with van der Waals surface area (Å²) in [5, 5.41) is 5.16. The van der Waals surface area contributed by atoms with Gasteiger partial charge in [0, 0.05) is 40.1 Å². The molecule has 2 aromatic carbocycles. The molecular weight excluding hydrogens is 466 g/mol. The molecular formula is C27H32ClN3S2. The van der Waals surface area contributed by atoms with Crippen LogP contribution < -0.4 is 5.32 Å². The monoisotopic (exact) mass is 497 g/mol. The molecule has 33 heavy (non-hydrogen) atoms. The van der Waals surface area contributed by atoms with E-state index in [4.69, 9.17) is 23.8 Å². The van der Waals surface area contributed by atoms with Crippen molar-refractivity contribution in [1.82, 2.24) is 9.47 Å². The highest BCUT2D eigenvalue weighted by Gasteiger charge is 2.24. The lowest BCUT2D eigenvalue weighted by Crippen LogP contribution is -2.42. The average molecular weight is 498 g/mol. The summed E-state index contributed by atoms with van der Waals surface area (Å²) >= 11 is 14.2. The topological polar surface area (TPSA) is 20.2 Å². The third kappa shape index (κ3) is 6.56. The molecule has 0 aliphatic heterocycles. The number of nitrogens with zero attached hydrogens (tertiary/aromatic N) is 2. The SMILES string of the molecule is CSc1cccc(NC(=S)N(Cc2cccn2Cc2ccccc2Cl)C2CCCCCC2)c1. The van der Waals surface area contributed by atoms with Gasteiger partial charge in [-0.25, -0.2) is 0 Å². The standard InChI is InChI=1S/C27H32ClN3S2/c1-33-25-15-8-11-22(18-25)29-27(32)31(23-12-4-2-3-5-13-23)20-24-14-9-17-30(24)19-21-10-6-7-16-26(21)28/h6-11,14-18,23H,2-5,12-13,19-20H2,1H3,(H,29,32). The second kappa shape index (κ2) is 12.0. The van der Waals surface area contributed by atoms with Crippen molar-refractivity contribution in [3.05, 3.63) is 83.1 Å². The van der Waals surface area contributed by atoms with Gasteiger partial charge in [-0.3, -0.25) is 0 Å². The molecule has 0 saturated heterocycles. The van der Waals surface area contributed by atoms with Gasteiger partial charge in [0.2, 0.25) is 0 Å². The molecule has 0 bridgehead atoms. The Kier molecular flexibility index (Phi) is 8.76. The molecule has 1 fully saturated rings. The lowest BCUT2D eigenvalue weighted by molar-refractivity contribution is 0.274. The molecule has 3 nitrogen and oxygen atoms in total. The normalized spacial score (nSPS) is 14.6. The van der Waals surface area contributed by atoms with Crippen LogP contribution >= 0.6 is 35.6 Å². The molecule has 0 atom stereocenters. The third-order valence-corrected chi connectivity index (χ3v) is 7.83. The fraction of sp³-hybridized carbons (Fsp3) is 0.370. The Labute approximate surface area is 212 Å². The molecule has 6 heteroatoms. The van der Waals surface area contributed by atoms with E-state index >= 15 is 0 Å². The fourth-order valence-corrected chi connectivity index (χ4v) is 5.55. The Morgan fingerprint density at radius 1 is 1.06 bits per heavy atom. The molecule has 174 valence electrons. The zero-order valence-electron chi connectivity index (χ0n) is 19.2. The van der Waals surface area contributed by atoms with Gasteiger partial charge in [-0.2, -0.15) is 0 Å². The van der Waals surface area contributed by atoms with E-state index in [1.165, 1.54) is 49.1 Å². The van der Waals surface area contributed by atoms with E-state index in [-0.39, 0.29) is 0 Å². The molecule has 1 N–H and O–H groups in total. The van der Waals surface area contributed by atoms with Crippen LogP contribution in [0.1, 0.15) is 49.8 Å². The number of anilines is 1. The van der Waals surface area contributed by atoms with E-state index in [1.807, 2.05) is 18.2 Å². The van der Waals surface area contributed by atoms with Crippen molar-refractivity contribution < 1.29 is 0 Å². The molecule has 1 aliphatic carbocycles. The predicted molar refractivity (Wildman–Crippen MR) is 146 cm³/mol. The molecule has 0 unspecified atom stereocenters. The van der Waals surface area contributed by atoms with Crippen LogP contribution in [0.4, 0.5) is 5.69 Å². The van der Waals surface area contributed by atoms with Crippen molar-refractivity contribution in [1.29, 1.82) is 0 Å². The minimum absolute atomic E-state index is 0.458. The van der Waals surface area contributed by atoms with Gasteiger partial charge in [0.1, 0.15) is 0 Å². The summed E-state index contributed by atoms with van der Waals surface area (Å²) in [6.07, 6.45) is 11.8. The van der Waals surface area contributed by atoms with Gasteiger partial charge in [0.15, 0.2) is 5.11 Å². The highest BCUT2D eigenvalue weighted by atomic mass is 35.5. The lowest BCUT2D eigenvalue weighted by Gasteiger charge is -2.34. The number of thiocarbonyl (C=S) groups is 1. The van der Waals surface area contributed by atoms with E-state index in [2.05, 4.69) is 69.7 Å². The Balaban J connectivity index is 1.56. The summed E-state index contributed by atoms with van der Waals surface area (Å²) in [6, 6.07) is 21.3. The van der Waals surface area contributed by atoms with Gasteiger partial charge in [-0.05, 0) is 73.3 Å². The highest BCUT2D eigenvalue weighted by Crippen LogP contribution is 2.26. The van der Waals surface area contributed by atoms with E-state index < -0.39 is 0 Å². The number of rotatable bonds is 7. The second-order valence-electron chi connectivity index (χ2n) is 8.65. The smallest absolute Gasteiger partial charge is 0.174 e. The van der Waals surface area contributed by atoms with Crippen LogP contribution in [-0.4, -0.2) is 26.9 Å². The second-order valence-corrected chi connectivity index (χ2v) is 10.3. The fourth-order valence-electron chi connectivity index (χ4n) is 4.56. The predicted octanol–water partition coefficient (Wildman–Crippen LogP) is 7.83. The molecule has 1 aliphatic rings. The molecule has 1 aromatic heterocycles. The van der Waals surface area contributed by atoms with Gasteiger partial charge >= 0.3 is 0 Å². The maximum absolute atomic E-state index is 6.45. The van der Waals surface area contributed by atoms with Crippen LogP contribution in [0, 0.1) is 0 Å². The van der Waals surface area contributed by atoms with E-state index in [1.54, 1.807) is 11.8 Å². The van der Waals surface area contributed by atoms with Crippen molar-refractivity contribution in [3.63, 3.8) is 0 Å². The molecule has 1 saturated carbocycles. The van der Waals surface area contributed by atoms with Crippen molar-refractivity contribution >= 4 is 46.4 Å². The van der Waals surface area contributed by atoms with Crippen molar-refractivity contribution in [2.24, 2.45) is 0 Å². The zero-order valence-corrected chi connectivity index (χ0v) is 21.6. The maximum Gasteiger partial charge on any atom is 0.174 e. The first-order valence-corrected chi connectivity index (χ1v) is 13.7. The molecule has 0 radical (unpaired) electrons. The lowest BCUT2D eigenvalue weighted by atomic mass is 10.1. The van der Waals surface area contributed by atoms with Crippen LogP contribution in [0.3, 0.4) is 0 Å². The summed E-state index contributed by atoms with van der Waals surface area (Å²) < 4.78 is 2.29.